The summed E-state index contributed by atoms with van der Waals surface area (Å²) in [6.45, 7) is 5.59. The first-order valence-electron chi connectivity index (χ1n) is 5.26. The van der Waals surface area contributed by atoms with E-state index >= 15 is 0 Å². The molecule has 0 aromatic carbocycles. The molecule has 70 valence electrons. The second kappa shape index (κ2) is 3.35. The minimum absolute atomic E-state index is 0.190. The Kier molecular flexibility index (Phi) is 2.37. The van der Waals surface area contributed by atoms with Crippen LogP contribution < -0.4 is 0 Å². The summed E-state index contributed by atoms with van der Waals surface area (Å²) in [6, 6.07) is 0. The van der Waals surface area contributed by atoms with Gasteiger partial charge in [0.05, 0.1) is 6.61 Å². The minimum atomic E-state index is 0.190. The molecule has 1 saturated carbocycles. The normalized spacial score (nSPS) is 28.8. The molecule has 12 heavy (non-hydrogen) atoms. The molecule has 2 rings (SSSR count). The van der Waals surface area contributed by atoms with Crippen molar-refractivity contribution >= 4 is 0 Å². The molecule has 0 bridgehead atoms. The molecule has 1 saturated heterocycles. The van der Waals surface area contributed by atoms with Gasteiger partial charge in [0.2, 0.25) is 0 Å². The maximum atomic E-state index is 5.89. The lowest BCUT2D eigenvalue weighted by Crippen LogP contribution is -2.42. The monoisotopic (exact) mass is 169 g/mol. The molecular weight excluding hydrogens is 150 g/mol. The van der Waals surface area contributed by atoms with Crippen LogP contribution >= 0.6 is 0 Å². The molecule has 0 atom stereocenters. The number of hydrogen-bond donors (Lipinski definition) is 0. The number of ether oxygens (including phenoxy) is 1. The van der Waals surface area contributed by atoms with E-state index in [4.69, 9.17) is 4.74 Å². The van der Waals surface area contributed by atoms with Gasteiger partial charge in [0.25, 0.3) is 0 Å². The van der Waals surface area contributed by atoms with E-state index in [1.54, 1.807) is 0 Å². The summed E-state index contributed by atoms with van der Waals surface area (Å²) < 4.78 is 5.89. The predicted octanol–water partition coefficient (Wildman–Crippen LogP) is 2.00. The minimum Gasteiger partial charge on any atom is -0.359 e. The van der Waals surface area contributed by atoms with Crippen molar-refractivity contribution in [2.24, 2.45) is 0 Å². The topological polar surface area (TPSA) is 12.5 Å². The van der Waals surface area contributed by atoms with Crippen LogP contribution in [-0.2, 0) is 4.74 Å². The number of rotatable bonds is 2. The Labute approximate surface area is 74.9 Å². The van der Waals surface area contributed by atoms with E-state index in [2.05, 4.69) is 11.8 Å². The van der Waals surface area contributed by atoms with Gasteiger partial charge in [-0.2, -0.15) is 0 Å². The van der Waals surface area contributed by atoms with Crippen LogP contribution in [0, 0.1) is 0 Å². The van der Waals surface area contributed by atoms with Crippen molar-refractivity contribution in [3.05, 3.63) is 0 Å². The van der Waals surface area contributed by atoms with Gasteiger partial charge in [-0.3, -0.25) is 4.90 Å². The van der Waals surface area contributed by atoms with E-state index in [1.807, 2.05) is 0 Å². The van der Waals surface area contributed by atoms with E-state index in [-0.39, 0.29) is 5.72 Å². The van der Waals surface area contributed by atoms with E-state index in [0.29, 0.717) is 0 Å². The highest BCUT2D eigenvalue weighted by atomic mass is 16.5. The average Bonchev–Trinajstić information content (AvgIpc) is 2.66. The lowest BCUT2D eigenvalue weighted by molar-refractivity contribution is -0.0757. The zero-order chi connectivity index (χ0) is 8.44. The first-order chi connectivity index (χ1) is 5.87. The van der Waals surface area contributed by atoms with Crippen LogP contribution in [-0.4, -0.2) is 30.3 Å². The van der Waals surface area contributed by atoms with Crippen molar-refractivity contribution in [3.63, 3.8) is 0 Å². The average molecular weight is 169 g/mol. The summed E-state index contributed by atoms with van der Waals surface area (Å²) in [5.41, 5.74) is 0.190. The maximum Gasteiger partial charge on any atom is 0.121 e. The molecular formula is C10H19NO. The van der Waals surface area contributed by atoms with Gasteiger partial charge in [0.1, 0.15) is 5.72 Å². The van der Waals surface area contributed by atoms with E-state index < -0.39 is 0 Å². The zero-order valence-electron chi connectivity index (χ0n) is 8.01. The first kappa shape index (κ1) is 8.52. The third kappa shape index (κ3) is 1.27. The Hall–Kier alpha value is -0.0800. The molecule has 0 unspecified atom stereocenters. The molecule has 2 aliphatic rings. The van der Waals surface area contributed by atoms with Crippen molar-refractivity contribution in [2.45, 2.75) is 44.8 Å². The van der Waals surface area contributed by atoms with Crippen molar-refractivity contribution in [2.75, 3.05) is 19.7 Å². The Morgan fingerprint density at radius 2 is 2.08 bits per heavy atom. The molecule has 2 fully saturated rings. The molecule has 0 N–H and O–H groups in total. The lowest BCUT2D eigenvalue weighted by atomic mass is 10.1. The number of nitrogens with zero attached hydrogens (tertiary/aromatic N) is 1. The molecule has 0 amide bonds. The van der Waals surface area contributed by atoms with Crippen LogP contribution in [0.4, 0.5) is 0 Å². The zero-order valence-corrected chi connectivity index (χ0v) is 8.01. The van der Waals surface area contributed by atoms with E-state index in [9.17, 15) is 0 Å². The standard InChI is InChI=1S/C10H19NO/c1-2-7-11-8-9-12-10(11)5-3-4-6-10/h2-9H2,1H3. The molecule has 1 aliphatic carbocycles. The first-order valence-corrected chi connectivity index (χ1v) is 5.26. The van der Waals surface area contributed by atoms with Crippen LogP contribution in [0.2, 0.25) is 0 Å². The fourth-order valence-electron chi connectivity index (χ4n) is 2.61. The van der Waals surface area contributed by atoms with E-state index in [0.717, 1.165) is 13.2 Å². The summed E-state index contributed by atoms with van der Waals surface area (Å²) in [5.74, 6) is 0. The SMILES string of the molecule is CCCN1CCOC12CCCC2. The van der Waals surface area contributed by atoms with Crippen LogP contribution in [0.25, 0.3) is 0 Å². The van der Waals surface area contributed by atoms with Crippen LogP contribution in [0.5, 0.6) is 0 Å². The molecule has 1 aliphatic heterocycles. The third-order valence-electron chi connectivity index (χ3n) is 3.19. The molecule has 2 heteroatoms. The second-order valence-electron chi connectivity index (χ2n) is 3.99. The highest BCUT2D eigenvalue weighted by molar-refractivity contribution is 4.90. The second-order valence-corrected chi connectivity index (χ2v) is 3.99. The van der Waals surface area contributed by atoms with Gasteiger partial charge >= 0.3 is 0 Å². The Morgan fingerprint density at radius 1 is 1.33 bits per heavy atom. The van der Waals surface area contributed by atoms with Gasteiger partial charge in [-0.25, -0.2) is 0 Å². The van der Waals surface area contributed by atoms with Gasteiger partial charge in [-0.1, -0.05) is 6.92 Å². The molecule has 0 aromatic rings. The molecule has 1 heterocycles. The van der Waals surface area contributed by atoms with Crippen LogP contribution in [0.1, 0.15) is 39.0 Å². The van der Waals surface area contributed by atoms with E-state index in [1.165, 1.54) is 38.6 Å². The molecule has 2 nitrogen and oxygen atoms in total. The largest absolute Gasteiger partial charge is 0.359 e. The third-order valence-corrected chi connectivity index (χ3v) is 3.19. The van der Waals surface area contributed by atoms with Crippen molar-refractivity contribution in [1.82, 2.24) is 4.90 Å². The maximum absolute atomic E-state index is 5.89. The smallest absolute Gasteiger partial charge is 0.121 e. The highest BCUT2D eigenvalue weighted by Gasteiger charge is 2.43. The fourth-order valence-corrected chi connectivity index (χ4v) is 2.61. The van der Waals surface area contributed by atoms with Gasteiger partial charge in [0, 0.05) is 13.1 Å². The Morgan fingerprint density at radius 3 is 2.75 bits per heavy atom. The number of hydrogen-bond acceptors (Lipinski definition) is 2. The Balaban J connectivity index is 2.01. The summed E-state index contributed by atoms with van der Waals surface area (Å²) >= 11 is 0. The van der Waals surface area contributed by atoms with Crippen molar-refractivity contribution in [3.8, 4) is 0 Å². The summed E-state index contributed by atoms with van der Waals surface area (Å²) in [4.78, 5) is 2.56. The lowest BCUT2D eigenvalue weighted by Gasteiger charge is -2.33. The summed E-state index contributed by atoms with van der Waals surface area (Å²) in [6.07, 6.45) is 6.52. The Bertz CT molecular complexity index is 146. The summed E-state index contributed by atoms with van der Waals surface area (Å²) in [5, 5.41) is 0. The van der Waals surface area contributed by atoms with Gasteiger partial charge < -0.3 is 4.74 Å². The van der Waals surface area contributed by atoms with Crippen molar-refractivity contribution < 1.29 is 4.74 Å². The van der Waals surface area contributed by atoms with Crippen molar-refractivity contribution in [1.29, 1.82) is 0 Å². The quantitative estimate of drug-likeness (QED) is 0.627. The van der Waals surface area contributed by atoms with Crippen LogP contribution in [0.3, 0.4) is 0 Å². The van der Waals surface area contributed by atoms with Gasteiger partial charge in [-0.05, 0) is 32.1 Å². The summed E-state index contributed by atoms with van der Waals surface area (Å²) in [7, 11) is 0. The molecule has 1 spiro atoms. The predicted molar refractivity (Wildman–Crippen MR) is 49.0 cm³/mol. The highest BCUT2D eigenvalue weighted by Crippen LogP contribution is 2.39. The fraction of sp³-hybridized carbons (Fsp3) is 1.00. The van der Waals surface area contributed by atoms with Crippen LogP contribution in [0.15, 0.2) is 0 Å². The van der Waals surface area contributed by atoms with Gasteiger partial charge in [-0.15, -0.1) is 0 Å². The van der Waals surface area contributed by atoms with Gasteiger partial charge in [0.15, 0.2) is 0 Å². The molecule has 0 radical (unpaired) electrons. The molecule has 0 aromatic heterocycles.